The van der Waals surface area contributed by atoms with E-state index >= 15 is 0 Å². The molecule has 16 heavy (non-hydrogen) atoms. The van der Waals surface area contributed by atoms with Gasteiger partial charge in [0, 0.05) is 0 Å². The van der Waals surface area contributed by atoms with E-state index < -0.39 is 14.8 Å². The van der Waals surface area contributed by atoms with Crippen LogP contribution >= 0.6 is 0 Å². The van der Waals surface area contributed by atoms with Gasteiger partial charge in [-0.15, -0.1) is 0 Å². The number of primary sulfonamides is 1. The fraction of sp³-hybridized carbons (Fsp3) is 0.900. The standard InChI is InChI=1S/C10H16N2O3S/c1-7-4-8(5-9(7)12-6-13)10(2-3-10)16(11,14)15/h7-9H,2-5H2,1H3,(H2,11,14,15). The fourth-order valence-corrected chi connectivity index (χ4v) is 4.28. The molecule has 0 bridgehead atoms. The number of nitrogens with two attached hydrogens (primary N) is 1. The highest BCUT2D eigenvalue weighted by Gasteiger charge is 2.60. The normalized spacial score (nSPS) is 36.8. The minimum Gasteiger partial charge on any atom is -0.228 e. The van der Waals surface area contributed by atoms with Crippen LogP contribution in [-0.4, -0.2) is 25.3 Å². The Labute approximate surface area is 95.2 Å². The Balaban J connectivity index is 2.18. The van der Waals surface area contributed by atoms with E-state index in [0.29, 0.717) is 19.3 Å². The highest BCUT2D eigenvalue weighted by atomic mass is 32.2. The Bertz CT molecular complexity index is 435. The molecule has 3 atom stereocenters. The Kier molecular flexibility index (Phi) is 2.69. The molecular weight excluding hydrogens is 228 g/mol. The van der Waals surface area contributed by atoms with Crippen LogP contribution in [0.2, 0.25) is 0 Å². The van der Waals surface area contributed by atoms with Gasteiger partial charge in [-0.3, -0.25) is 0 Å². The Morgan fingerprint density at radius 2 is 2.00 bits per heavy atom. The average Bonchev–Trinajstić information content (AvgIpc) is 2.89. The zero-order valence-electron chi connectivity index (χ0n) is 9.22. The second-order valence-corrected chi connectivity index (χ2v) is 6.95. The van der Waals surface area contributed by atoms with Crippen molar-refractivity contribution in [2.45, 2.75) is 43.4 Å². The molecule has 0 aliphatic heterocycles. The zero-order valence-corrected chi connectivity index (χ0v) is 10.0. The third kappa shape index (κ3) is 1.71. The molecule has 0 heterocycles. The van der Waals surface area contributed by atoms with E-state index in [-0.39, 0.29) is 17.9 Å². The van der Waals surface area contributed by atoms with Gasteiger partial charge in [0.2, 0.25) is 16.1 Å². The minimum absolute atomic E-state index is 0.0552. The van der Waals surface area contributed by atoms with Gasteiger partial charge in [-0.25, -0.2) is 23.3 Å². The number of hydrogen-bond donors (Lipinski definition) is 1. The van der Waals surface area contributed by atoms with Crippen LogP contribution in [-0.2, 0) is 14.8 Å². The molecule has 0 amide bonds. The van der Waals surface area contributed by atoms with Crippen molar-refractivity contribution in [2.75, 3.05) is 0 Å². The molecule has 90 valence electrons. The molecule has 0 saturated heterocycles. The highest BCUT2D eigenvalue weighted by molar-refractivity contribution is 7.90. The number of aliphatic imine (C=N–C) groups is 1. The quantitative estimate of drug-likeness (QED) is 0.581. The van der Waals surface area contributed by atoms with Crippen LogP contribution in [0.3, 0.4) is 0 Å². The predicted molar refractivity (Wildman–Crippen MR) is 58.9 cm³/mol. The summed E-state index contributed by atoms with van der Waals surface area (Å²) >= 11 is 0. The maximum Gasteiger partial charge on any atom is 0.235 e. The summed E-state index contributed by atoms with van der Waals surface area (Å²) in [4.78, 5) is 14.0. The molecule has 2 saturated carbocycles. The van der Waals surface area contributed by atoms with Gasteiger partial charge >= 0.3 is 0 Å². The minimum atomic E-state index is -3.48. The molecule has 5 nitrogen and oxygen atoms in total. The van der Waals surface area contributed by atoms with E-state index in [2.05, 4.69) is 4.99 Å². The topological polar surface area (TPSA) is 89.6 Å². The van der Waals surface area contributed by atoms with Gasteiger partial charge in [0.1, 0.15) is 0 Å². The number of rotatable bonds is 3. The van der Waals surface area contributed by atoms with E-state index in [4.69, 9.17) is 5.14 Å². The van der Waals surface area contributed by atoms with Crippen molar-refractivity contribution < 1.29 is 13.2 Å². The maximum absolute atomic E-state index is 11.5. The van der Waals surface area contributed by atoms with Crippen molar-refractivity contribution in [3.05, 3.63) is 0 Å². The predicted octanol–water partition coefficient (Wildman–Crippen LogP) is 0.558. The third-order valence-corrected chi connectivity index (χ3v) is 5.99. The molecule has 0 aromatic carbocycles. The summed E-state index contributed by atoms with van der Waals surface area (Å²) in [7, 11) is -3.48. The lowest BCUT2D eigenvalue weighted by atomic mass is 10.0. The summed E-state index contributed by atoms with van der Waals surface area (Å²) in [5.41, 5.74) is 0. The lowest BCUT2D eigenvalue weighted by molar-refractivity contribution is 0.457. The fourth-order valence-electron chi connectivity index (χ4n) is 2.95. The van der Waals surface area contributed by atoms with Gasteiger partial charge < -0.3 is 0 Å². The van der Waals surface area contributed by atoms with Gasteiger partial charge in [0.25, 0.3) is 0 Å². The van der Waals surface area contributed by atoms with Gasteiger partial charge in [0.05, 0.1) is 10.8 Å². The van der Waals surface area contributed by atoms with Gasteiger partial charge in [-0.1, -0.05) is 6.92 Å². The second-order valence-electron chi connectivity index (χ2n) is 5.04. The molecule has 6 heteroatoms. The van der Waals surface area contributed by atoms with Crippen LogP contribution in [0.25, 0.3) is 0 Å². The van der Waals surface area contributed by atoms with Crippen molar-refractivity contribution in [3.8, 4) is 0 Å². The van der Waals surface area contributed by atoms with Crippen molar-refractivity contribution in [3.63, 3.8) is 0 Å². The molecule has 3 unspecified atom stereocenters. The van der Waals surface area contributed by atoms with Crippen LogP contribution in [0.15, 0.2) is 4.99 Å². The van der Waals surface area contributed by atoms with Crippen molar-refractivity contribution in [2.24, 2.45) is 22.0 Å². The molecule has 0 spiro atoms. The lowest BCUT2D eigenvalue weighted by Gasteiger charge is -2.20. The van der Waals surface area contributed by atoms with Crippen LogP contribution in [0.1, 0.15) is 32.6 Å². The molecule has 2 aliphatic carbocycles. The molecular formula is C10H16N2O3S. The van der Waals surface area contributed by atoms with E-state index in [1.807, 2.05) is 6.92 Å². The number of isocyanates is 1. The maximum atomic E-state index is 11.5. The molecule has 0 aromatic heterocycles. The summed E-state index contributed by atoms with van der Waals surface area (Å²) in [6.07, 6.45) is 4.30. The lowest BCUT2D eigenvalue weighted by Crippen LogP contribution is -2.36. The zero-order chi connectivity index (χ0) is 12.0. The second kappa shape index (κ2) is 3.65. The molecule has 2 fully saturated rings. The van der Waals surface area contributed by atoms with Gasteiger partial charge in [-0.05, 0) is 37.5 Å². The van der Waals surface area contributed by atoms with Crippen molar-refractivity contribution in [1.82, 2.24) is 0 Å². The van der Waals surface area contributed by atoms with Gasteiger partial charge in [0.15, 0.2) is 0 Å². The Morgan fingerprint density at radius 3 is 2.44 bits per heavy atom. The summed E-state index contributed by atoms with van der Waals surface area (Å²) < 4.78 is 22.4. The first-order valence-electron chi connectivity index (χ1n) is 5.50. The summed E-state index contributed by atoms with van der Waals surface area (Å²) in [6, 6.07) is -0.0817. The smallest absolute Gasteiger partial charge is 0.228 e. The van der Waals surface area contributed by atoms with E-state index in [9.17, 15) is 13.2 Å². The monoisotopic (exact) mass is 244 g/mol. The van der Waals surface area contributed by atoms with Crippen LogP contribution in [0.4, 0.5) is 0 Å². The van der Waals surface area contributed by atoms with Crippen LogP contribution in [0.5, 0.6) is 0 Å². The molecule has 2 aliphatic rings. The number of carbonyl (C=O) groups excluding carboxylic acids is 1. The molecule has 0 aromatic rings. The molecule has 2 N–H and O–H groups in total. The first kappa shape index (κ1) is 11.8. The Hall–Kier alpha value is -0.710. The highest BCUT2D eigenvalue weighted by Crippen LogP contribution is 2.55. The van der Waals surface area contributed by atoms with Crippen molar-refractivity contribution in [1.29, 1.82) is 0 Å². The SMILES string of the molecule is CC1CC(C2(S(N)(=O)=O)CC2)CC1N=C=O. The first-order chi connectivity index (χ1) is 7.40. The van der Waals surface area contributed by atoms with E-state index in [1.54, 1.807) is 6.08 Å². The summed E-state index contributed by atoms with van der Waals surface area (Å²) in [6.45, 7) is 1.99. The number of sulfonamides is 1. The van der Waals surface area contributed by atoms with Gasteiger partial charge in [-0.2, -0.15) is 0 Å². The van der Waals surface area contributed by atoms with Crippen LogP contribution in [0, 0.1) is 11.8 Å². The number of hydrogen-bond acceptors (Lipinski definition) is 4. The Morgan fingerprint density at radius 1 is 1.38 bits per heavy atom. The summed E-state index contributed by atoms with van der Waals surface area (Å²) in [5.74, 6) is 0.297. The first-order valence-corrected chi connectivity index (χ1v) is 7.04. The van der Waals surface area contributed by atoms with E-state index in [0.717, 1.165) is 6.42 Å². The summed E-state index contributed by atoms with van der Waals surface area (Å²) in [5, 5.41) is 5.28. The number of nitrogens with zero attached hydrogens (tertiary/aromatic N) is 1. The molecule has 2 rings (SSSR count). The van der Waals surface area contributed by atoms with Crippen molar-refractivity contribution >= 4 is 16.1 Å². The van der Waals surface area contributed by atoms with Crippen LogP contribution < -0.4 is 5.14 Å². The van der Waals surface area contributed by atoms with E-state index in [1.165, 1.54) is 0 Å². The average molecular weight is 244 g/mol. The largest absolute Gasteiger partial charge is 0.235 e. The molecule has 0 radical (unpaired) electrons. The third-order valence-electron chi connectivity index (χ3n) is 4.11.